The third-order valence-electron chi connectivity index (χ3n) is 2.78. The molecule has 0 fully saturated rings. The maximum atomic E-state index is 12.4. The second-order valence-corrected chi connectivity index (χ2v) is 6.65. The summed E-state index contributed by atoms with van der Waals surface area (Å²) in [6.45, 7) is 0. The number of carbonyl (C=O) groups excluding carboxylic acids is 1. The molecule has 0 atom stereocenters. The van der Waals surface area contributed by atoms with Gasteiger partial charge in [-0.05, 0) is 48.5 Å². The highest BCUT2D eigenvalue weighted by atomic mass is 35.5. The molecule has 0 heterocycles. The van der Waals surface area contributed by atoms with Gasteiger partial charge in [0.15, 0.2) is 0 Å². The van der Waals surface area contributed by atoms with Crippen molar-refractivity contribution in [3.05, 3.63) is 59.1 Å². The quantitative estimate of drug-likeness (QED) is 0.921. The number of rotatable bonds is 4. The van der Waals surface area contributed by atoms with E-state index in [-0.39, 0.29) is 5.69 Å². The van der Waals surface area contributed by atoms with Gasteiger partial charge in [0.05, 0.1) is 4.90 Å². The van der Waals surface area contributed by atoms with Crippen LogP contribution in [-0.2, 0) is 9.84 Å². The lowest BCUT2D eigenvalue weighted by atomic mass is 10.2. The minimum atomic E-state index is -4.64. The van der Waals surface area contributed by atoms with Gasteiger partial charge < -0.3 is 5.32 Å². The highest BCUT2D eigenvalue weighted by Crippen LogP contribution is 2.20. The molecule has 0 aromatic heterocycles. The van der Waals surface area contributed by atoms with Crippen molar-refractivity contribution in [1.29, 1.82) is 0 Å². The van der Waals surface area contributed by atoms with Gasteiger partial charge in [0.2, 0.25) is 9.84 Å². The van der Waals surface area contributed by atoms with E-state index < -0.39 is 26.4 Å². The molecule has 22 heavy (non-hydrogen) atoms. The van der Waals surface area contributed by atoms with Gasteiger partial charge in [-0.15, -0.1) is 0 Å². The summed E-state index contributed by atoms with van der Waals surface area (Å²) in [5, 5.41) is 3.01. The second kappa shape index (κ2) is 6.41. The SMILES string of the molecule is O=C(Nc1ccc(S(=O)(=O)C(F)F)cc1)c1ccc(Cl)cc1. The number of hydrogen-bond acceptors (Lipinski definition) is 3. The van der Waals surface area contributed by atoms with E-state index in [1.54, 1.807) is 12.1 Å². The Morgan fingerprint density at radius 1 is 1.00 bits per heavy atom. The smallest absolute Gasteiger partial charge is 0.322 e. The zero-order valence-corrected chi connectivity index (χ0v) is 12.5. The lowest BCUT2D eigenvalue weighted by Gasteiger charge is -2.07. The van der Waals surface area contributed by atoms with E-state index in [4.69, 9.17) is 11.6 Å². The van der Waals surface area contributed by atoms with Crippen LogP contribution in [0.4, 0.5) is 14.5 Å². The molecule has 0 aliphatic rings. The normalized spacial score (nSPS) is 11.5. The van der Waals surface area contributed by atoms with Gasteiger partial charge in [0.25, 0.3) is 5.91 Å². The van der Waals surface area contributed by atoms with Crippen LogP contribution in [-0.4, -0.2) is 20.1 Å². The van der Waals surface area contributed by atoms with Crippen LogP contribution in [0.25, 0.3) is 0 Å². The monoisotopic (exact) mass is 345 g/mol. The predicted molar refractivity (Wildman–Crippen MR) is 79.0 cm³/mol. The van der Waals surface area contributed by atoms with Crippen LogP contribution < -0.4 is 5.32 Å². The van der Waals surface area contributed by atoms with Gasteiger partial charge >= 0.3 is 5.76 Å². The van der Waals surface area contributed by atoms with E-state index in [0.717, 1.165) is 12.1 Å². The van der Waals surface area contributed by atoms with Crippen molar-refractivity contribution in [3.8, 4) is 0 Å². The molecule has 1 amide bonds. The van der Waals surface area contributed by atoms with Gasteiger partial charge in [0.1, 0.15) is 0 Å². The summed E-state index contributed by atoms with van der Waals surface area (Å²) >= 11 is 5.71. The average molecular weight is 346 g/mol. The summed E-state index contributed by atoms with van der Waals surface area (Å²) in [6, 6.07) is 10.6. The Balaban J connectivity index is 2.15. The first-order valence-electron chi connectivity index (χ1n) is 6.00. The van der Waals surface area contributed by atoms with Gasteiger partial charge in [-0.3, -0.25) is 4.79 Å². The molecular formula is C14H10ClF2NO3S. The molecule has 0 aliphatic carbocycles. The van der Waals surface area contributed by atoms with Crippen LogP contribution >= 0.6 is 11.6 Å². The lowest BCUT2D eigenvalue weighted by Crippen LogP contribution is -2.13. The minimum absolute atomic E-state index is 0.285. The molecular weight excluding hydrogens is 336 g/mol. The molecule has 2 aromatic rings. The summed E-state index contributed by atoms with van der Waals surface area (Å²) in [5.74, 6) is -3.91. The number of benzene rings is 2. The zero-order chi connectivity index (χ0) is 16.3. The molecule has 0 saturated carbocycles. The van der Waals surface area contributed by atoms with Crippen LogP contribution in [0.1, 0.15) is 10.4 Å². The van der Waals surface area contributed by atoms with Crippen LogP contribution in [0.3, 0.4) is 0 Å². The number of alkyl halides is 2. The number of halogens is 3. The zero-order valence-electron chi connectivity index (χ0n) is 11.0. The van der Waals surface area contributed by atoms with E-state index in [1.165, 1.54) is 24.3 Å². The Labute approximate surface area is 130 Å². The summed E-state index contributed by atoms with van der Waals surface area (Å²) in [7, 11) is -4.64. The highest BCUT2D eigenvalue weighted by molar-refractivity contribution is 7.91. The molecule has 8 heteroatoms. The average Bonchev–Trinajstić information content (AvgIpc) is 2.48. The standard InChI is InChI=1S/C14H10ClF2NO3S/c15-10-3-1-9(2-4-10)13(19)18-11-5-7-12(8-6-11)22(20,21)14(16)17/h1-8,14H,(H,18,19). The third-order valence-corrected chi connectivity index (χ3v) is 4.43. The minimum Gasteiger partial charge on any atom is -0.322 e. The number of hydrogen-bond donors (Lipinski definition) is 1. The molecule has 0 aliphatic heterocycles. The fourth-order valence-electron chi connectivity index (χ4n) is 1.64. The number of amides is 1. The van der Waals surface area contributed by atoms with Crippen molar-refractivity contribution in [2.24, 2.45) is 0 Å². The van der Waals surface area contributed by atoms with E-state index in [0.29, 0.717) is 10.6 Å². The number of anilines is 1. The fourth-order valence-corrected chi connectivity index (χ4v) is 2.48. The number of nitrogens with one attached hydrogen (secondary N) is 1. The van der Waals surface area contributed by atoms with Crippen LogP contribution in [0.2, 0.25) is 5.02 Å². The Bertz CT molecular complexity index is 775. The van der Waals surface area contributed by atoms with E-state index in [2.05, 4.69) is 5.32 Å². The summed E-state index contributed by atoms with van der Waals surface area (Å²) in [5.41, 5.74) is 0.641. The van der Waals surface area contributed by atoms with Crippen molar-refractivity contribution in [2.75, 3.05) is 5.32 Å². The number of sulfone groups is 1. The van der Waals surface area contributed by atoms with Crippen molar-refractivity contribution >= 4 is 33.0 Å². The molecule has 0 spiro atoms. The third kappa shape index (κ3) is 3.61. The largest absolute Gasteiger partial charge is 0.341 e. The number of carbonyl (C=O) groups is 1. The Morgan fingerprint density at radius 2 is 1.55 bits per heavy atom. The maximum absolute atomic E-state index is 12.4. The molecule has 4 nitrogen and oxygen atoms in total. The first-order chi connectivity index (χ1) is 10.3. The van der Waals surface area contributed by atoms with Gasteiger partial charge in [-0.25, -0.2) is 8.42 Å². The predicted octanol–water partition coefficient (Wildman–Crippen LogP) is 3.59. The van der Waals surface area contributed by atoms with Crippen molar-refractivity contribution in [3.63, 3.8) is 0 Å². The molecule has 1 N–H and O–H groups in total. The van der Waals surface area contributed by atoms with Crippen molar-refractivity contribution in [1.82, 2.24) is 0 Å². The van der Waals surface area contributed by atoms with E-state index in [1.807, 2.05) is 0 Å². The van der Waals surface area contributed by atoms with Gasteiger partial charge in [0, 0.05) is 16.3 Å². The van der Waals surface area contributed by atoms with Crippen molar-refractivity contribution < 1.29 is 22.0 Å². The molecule has 2 aromatic carbocycles. The second-order valence-electron chi connectivity index (χ2n) is 4.29. The Morgan fingerprint density at radius 3 is 2.05 bits per heavy atom. The maximum Gasteiger partial charge on any atom is 0.341 e. The topological polar surface area (TPSA) is 63.2 Å². The Kier molecular flexibility index (Phi) is 4.77. The van der Waals surface area contributed by atoms with Crippen LogP contribution in [0, 0.1) is 0 Å². The fraction of sp³-hybridized carbons (Fsp3) is 0.0714. The van der Waals surface area contributed by atoms with Crippen molar-refractivity contribution in [2.45, 2.75) is 10.7 Å². The molecule has 0 radical (unpaired) electrons. The summed E-state index contributed by atoms with van der Waals surface area (Å²) in [6.07, 6.45) is 0. The Hall–Kier alpha value is -1.99. The molecule has 116 valence electrons. The first-order valence-corrected chi connectivity index (χ1v) is 7.92. The van der Waals surface area contributed by atoms with Gasteiger partial charge in [-0.2, -0.15) is 8.78 Å². The molecule has 0 saturated heterocycles. The lowest BCUT2D eigenvalue weighted by molar-refractivity contribution is 0.102. The van der Waals surface area contributed by atoms with Crippen LogP contribution in [0.15, 0.2) is 53.4 Å². The van der Waals surface area contributed by atoms with E-state index in [9.17, 15) is 22.0 Å². The summed E-state index contributed by atoms with van der Waals surface area (Å²) < 4.78 is 47.3. The highest BCUT2D eigenvalue weighted by Gasteiger charge is 2.26. The molecule has 0 unspecified atom stereocenters. The van der Waals surface area contributed by atoms with E-state index >= 15 is 0 Å². The summed E-state index contributed by atoms with van der Waals surface area (Å²) in [4.78, 5) is 11.4. The molecule has 2 rings (SSSR count). The van der Waals surface area contributed by atoms with Crippen LogP contribution in [0.5, 0.6) is 0 Å². The first kappa shape index (κ1) is 16.4. The van der Waals surface area contributed by atoms with Gasteiger partial charge in [-0.1, -0.05) is 11.6 Å². The molecule has 0 bridgehead atoms.